The quantitative estimate of drug-likeness (QED) is 0.340. The zero-order valence-corrected chi connectivity index (χ0v) is 21.4. The molecule has 0 saturated carbocycles. The highest BCUT2D eigenvalue weighted by Gasteiger charge is 2.32. The summed E-state index contributed by atoms with van der Waals surface area (Å²) in [7, 11) is 3.09. The molecule has 0 spiro atoms. The highest BCUT2D eigenvalue weighted by molar-refractivity contribution is 6.04. The number of anilines is 1. The van der Waals surface area contributed by atoms with E-state index in [0.29, 0.717) is 18.7 Å². The summed E-state index contributed by atoms with van der Waals surface area (Å²) in [5, 5.41) is 30.9. The van der Waals surface area contributed by atoms with Crippen LogP contribution in [-0.4, -0.2) is 49.2 Å². The van der Waals surface area contributed by atoms with Crippen molar-refractivity contribution in [2.75, 3.05) is 19.0 Å². The Morgan fingerprint density at radius 3 is 2.74 bits per heavy atom. The number of aromatic hydroxyl groups is 1. The van der Waals surface area contributed by atoms with E-state index in [1.807, 2.05) is 30.7 Å². The van der Waals surface area contributed by atoms with Crippen LogP contribution < -0.4 is 10.9 Å². The molecule has 1 aromatic carbocycles. The van der Waals surface area contributed by atoms with Crippen LogP contribution >= 0.6 is 0 Å². The Balaban J connectivity index is 1.86. The lowest BCUT2D eigenvalue weighted by Gasteiger charge is -2.27. The summed E-state index contributed by atoms with van der Waals surface area (Å²) in [6.45, 7) is 4.78. The van der Waals surface area contributed by atoms with Crippen molar-refractivity contribution in [2.45, 2.75) is 32.2 Å². The van der Waals surface area contributed by atoms with Crippen molar-refractivity contribution >= 4 is 11.6 Å². The lowest BCUT2D eigenvalue weighted by molar-refractivity contribution is 0.101. The van der Waals surface area contributed by atoms with Gasteiger partial charge in [0, 0.05) is 37.3 Å². The average Bonchev–Trinajstić information content (AvgIpc) is 3.56. The third-order valence-corrected chi connectivity index (χ3v) is 6.51. The maximum absolute atomic E-state index is 13.0. The van der Waals surface area contributed by atoms with E-state index in [1.165, 1.54) is 24.1 Å². The summed E-state index contributed by atoms with van der Waals surface area (Å²) in [6, 6.07) is 9.43. The first kappa shape index (κ1) is 26.3. The lowest BCUT2D eigenvalue weighted by Crippen LogP contribution is -2.29. The van der Waals surface area contributed by atoms with E-state index in [1.54, 1.807) is 25.4 Å². The Labute approximate surface area is 218 Å². The number of benzene rings is 1. The number of ether oxygens (including phenoxy) is 1. The largest absolute Gasteiger partial charge is 0.501 e. The van der Waals surface area contributed by atoms with E-state index in [4.69, 9.17) is 9.26 Å². The summed E-state index contributed by atoms with van der Waals surface area (Å²) in [6.07, 6.45) is 4.22. The van der Waals surface area contributed by atoms with Gasteiger partial charge in [0.1, 0.15) is 17.8 Å². The second-order valence-electron chi connectivity index (χ2n) is 8.77. The molecule has 12 heteroatoms. The summed E-state index contributed by atoms with van der Waals surface area (Å²) in [5.41, 5.74) is 1.90. The van der Waals surface area contributed by atoms with Crippen LogP contribution in [0.15, 0.2) is 52.2 Å². The number of nitrogens with zero attached hydrogens (tertiary/aromatic N) is 6. The van der Waals surface area contributed by atoms with Crippen molar-refractivity contribution in [3.8, 4) is 11.8 Å². The van der Waals surface area contributed by atoms with E-state index < -0.39 is 34.7 Å². The molecule has 0 aliphatic carbocycles. The van der Waals surface area contributed by atoms with E-state index in [-0.39, 0.29) is 11.5 Å². The van der Waals surface area contributed by atoms with Crippen molar-refractivity contribution < 1.29 is 19.2 Å². The zero-order valence-electron chi connectivity index (χ0n) is 21.4. The van der Waals surface area contributed by atoms with E-state index in [9.17, 15) is 20.0 Å². The molecule has 3 heterocycles. The number of carbonyl (C=O) groups excluding carboxylic acids is 1. The molecule has 0 bridgehead atoms. The molecule has 3 aromatic heterocycles. The van der Waals surface area contributed by atoms with Gasteiger partial charge in [-0.3, -0.25) is 18.8 Å². The normalized spacial score (nSPS) is 12.6. The van der Waals surface area contributed by atoms with Crippen molar-refractivity contribution in [2.24, 2.45) is 7.05 Å². The van der Waals surface area contributed by atoms with Crippen LogP contribution in [0.5, 0.6) is 5.75 Å². The van der Waals surface area contributed by atoms with E-state index in [0.717, 1.165) is 16.8 Å². The van der Waals surface area contributed by atoms with Gasteiger partial charge < -0.3 is 19.7 Å². The molecule has 196 valence electrons. The van der Waals surface area contributed by atoms with Gasteiger partial charge in [-0.1, -0.05) is 30.3 Å². The Hall–Kier alpha value is -4.76. The fourth-order valence-electron chi connectivity index (χ4n) is 4.52. The number of nitrogens with one attached hydrogen (secondary N) is 1. The Morgan fingerprint density at radius 2 is 2.05 bits per heavy atom. The van der Waals surface area contributed by atoms with Crippen LogP contribution in [0.3, 0.4) is 0 Å². The molecule has 0 unspecified atom stereocenters. The van der Waals surface area contributed by atoms with Crippen molar-refractivity contribution in [3.05, 3.63) is 87.2 Å². The molecule has 4 rings (SSSR count). The average molecular weight is 518 g/mol. The number of carbonyl (C=O) groups is 1. The van der Waals surface area contributed by atoms with Gasteiger partial charge >= 0.3 is 0 Å². The molecular weight excluding hydrogens is 490 g/mol. The highest BCUT2D eigenvalue weighted by Crippen LogP contribution is 2.40. The van der Waals surface area contributed by atoms with Gasteiger partial charge in [0.15, 0.2) is 5.69 Å². The minimum atomic E-state index is -0.797. The monoisotopic (exact) mass is 517 g/mol. The van der Waals surface area contributed by atoms with Gasteiger partial charge in [0.05, 0.1) is 37.2 Å². The fourth-order valence-corrected chi connectivity index (χ4v) is 4.52. The molecule has 0 aliphatic rings. The zero-order chi connectivity index (χ0) is 27.4. The number of nitriles is 1. The standard InChI is InChI=1S/C26H27N7O5/c1-15(24-31-22(23(34)26(36)32(24)3)25(35)30-18-12-29-38-14-18)21(19-8-6-5-7-17(19)11-27)20-13-28-33(16(20)2)9-10-37-4/h5-8,12-15,21,34H,9-10H2,1-4H3,(H,30,35)/t15-,21+/m0/s1. The van der Waals surface area contributed by atoms with Gasteiger partial charge in [-0.2, -0.15) is 10.4 Å². The summed E-state index contributed by atoms with van der Waals surface area (Å²) in [5.74, 6) is -2.32. The van der Waals surface area contributed by atoms with Crippen molar-refractivity contribution in [1.29, 1.82) is 5.26 Å². The number of rotatable bonds is 9. The summed E-state index contributed by atoms with van der Waals surface area (Å²) < 4.78 is 12.9. The minimum Gasteiger partial charge on any atom is -0.501 e. The van der Waals surface area contributed by atoms with Crippen molar-refractivity contribution in [1.82, 2.24) is 24.5 Å². The number of hydrogen-bond acceptors (Lipinski definition) is 9. The topological polar surface area (TPSA) is 161 Å². The first-order valence-corrected chi connectivity index (χ1v) is 11.8. The van der Waals surface area contributed by atoms with Crippen LogP contribution in [0, 0.1) is 18.3 Å². The number of amides is 1. The Kier molecular flexibility index (Phi) is 7.68. The van der Waals surface area contributed by atoms with Gasteiger partial charge in [0.25, 0.3) is 11.5 Å². The molecule has 1 amide bonds. The first-order chi connectivity index (χ1) is 18.3. The minimum absolute atomic E-state index is 0.241. The summed E-state index contributed by atoms with van der Waals surface area (Å²) in [4.78, 5) is 30.4. The molecule has 12 nitrogen and oxygen atoms in total. The number of methoxy groups -OCH3 is 1. The smallest absolute Gasteiger partial charge is 0.296 e. The predicted octanol–water partition coefficient (Wildman–Crippen LogP) is 2.68. The fraction of sp³-hybridized carbons (Fsp3) is 0.308. The molecule has 2 N–H and O–H groups in total. The van der Waals surface area contributed by atoms with Crippen LogP contribution in [0.4, 0.5) is 5.69 Å². The molecule has 0 saturated heterocycles. The van der Waals surface area contributed by atoms with Gasteiger partial charge in [-0.15, -0.1) is 0 Å². The maximum atomic E-state index is 13.0. The highest BCUT2D eigenvalue weighted by atomic mass is 16.5. The Morgan fingerprint density at radius 1 is 1.29 bits per heavy atom. The van der Waals surface area contributed by atoms with Crippen LogP contribution in [0.1, 0.15) is 57.5 Å². The van der Waals surface area contributed by atoms with E-state index >= 15 is 0 Å². The summed E-state index contributed by atoms with van der Waals surface area (Å²) >= 11 is 0. The predicted molar refractivity (Wildman–Crippen MR) is 136 cm³/mol. The second kappa shape index (κ2) is 11.1. The number of hydrogen-bond donors (Lipinski definition) is 2. The van der Waals surface area contributed by atoms with Gasteiger partial charge in [-0.05, 0) is 18.6 Å². The Bertz CT molecular complexity index is 1550. The second-order valence-corrected chi connectivity index (χ2v) is 8.77. The maximum Gasteiger partial charge on any atom is 0.296 e. The number of aromatic nitrogens is 5. The van der Waals surface area contributed by atoms with Crippen LogP contribution in [-0.2, 0) is 18.3 Å². The molecular formula is C26H27N7O5. The molecule has 0 aliphatic heterocycles. The van der Waals surface area contributed by atoms with E-state index in [2.05, 4.69) is 26.6 Å². The molecule has 0 radical (unpaired) electrons. The van der Waals surface area contributed by atoms with Crippen molar-refractivity contribution in [3.63, 3.8) is 0 Å². The van der Waals surface area contributed by atoms with Gasteiger partial charge in [0.2, 0.25) is 5.75 Å². The molecule has 0 fully saturated rings. The third kappa shape index (κ3) is 4.91. The van der Waals surface area contributed by atoms with Crippen LogP contribution in [0.2, 0.25) is 0 Å². The molecule has 2 atom stereocenters. The third-order valence-electron chi connectivity index (χ3n) is 6.51. The van der Waals surface area contributed by atoms with Gasteiger partial charge in [-0.25, -0.2) is 4.98 Å². The molecule has 38 heavy (non-hydrogen) atoms. The first-order valence-electron chi connectivity index (χ1n) is 11.8. The molecule has 4 aromatic rings. The SMILES string of the molecule is COCCn1ncc([C@@H](c2ccccc2C#N)[C@H](C)c2nc(C(=O)Nc3cnoc3)c(O)c(=O)n2C)c1C. The van der Waals surface area contributed by atoms with Crippen LogP contribution in [0.25, 0.3) is 0 Å². The lowest BCUT2D eigenvalue weighted by atomic mass is 9.79.